The van der Waals surface area contributed by atoms with Crippen LogP contribution >= 0.6 is 0 Å². The van der Waals surface area contributed by atoms with Crippen molar-refractivity contribution in [3.63, 3.8) is 0 Å². The lowest BCUT2D eigenvalue weighted by Gasteiger charge is -2.41. The van der Waals surface area contributed by atoms with E-state index in [4.69, 9.17) is 14.2 Å². The molecule has 550 valence electrons. The van der Waals surface area contributed by atoms with Crippen LogP contribution in [0.5, 0.6) is 0 Å². The molecule has 0 saturated carbocycles. The van der Waals surface area contributed by atoms with Crippen molar-refractivity contribution >= 4 is 11.9 Å². The van der Waals surface area contributed by atoms with Crippen molar-refractivity contribution < 1.29 is 49.3 Å². The molecule has 0 aromatic heterocycles. The molecule has 1 saturated heterocycles. The SMILES string of the molecule is CCCCC/C=C\C/C=C\CCCCCCCCCCCCCCCCCCCC(=O)OC1C(OCC(NC(=O)C(O)CCCCCCCCCCCCCCCCCC/C=C\C/C=C\CCCCC)C(O)/C=C/CCCCCCCCCCCC)OC(CO)C(O)C1O. The molecule has 6 N–H and O–H groups in total. The van der Waals surface area contributed by atoms with Crippen LogP contribution in [0.15, 0.2) is 60.8 Å². The molecule has 0 aromatic carbocycles. The highest BCUT2D eigenvalue weighted by atomic mass is 16.7. The number of unbranched alkanes of at least 4 members (excludes halogenated alkanes) is 49. The molecule has 94 heavy (non-hydrogen) atoms. The van der Waals surface area contributed by atoms with Crippen LogP contribution in [0.25, 0.3) is 0 Å². The zero-order valence-electron chi connectivity index (χ0n) is 61.6. The predicted molar refractivity (Wildman–Crippen MR) is 398 cm³/mol. The molecule has 0 aromatic rings. The number of carbonyl (C=O) groups is 2. The standard InChI is InChI=1S/C83H153NO10/c1-4-7-10-13-16-19-22-25-27-29-31-33-35-37-39-41-43-45-47-49-51-53-56-59-62-65-68-71-78(88)94-81-80(90)79(89)77(72-85)93-83(81)92-73-74(75(86)69-66-63-60-57-54-24-21-18-15-12-9-6-3)84-82(91)76(87)70-67-64-61-58-55-52-50-48-46-44-42-40-38-36-34-32-30-28-26-23-20-17-14-11-8-5-2/h16-17,19-20,25-28,66,69,74-77,79-81,83,85-87,89-90H,4-15,18,21-24,29-65,67-68,70-73H2,1-3H3,(H,84,91)/b19-16-,20-17-,27-25-,28-26-,69-66+. The quantitative estimate of drug-likeness (QED) is 0.0195. The summed E-state index contributed by atoms with van der Waals surface area (Å²) in [4.78, 5) is 26.8. The summed E-state index contributed by atoms with van der Waals surface area (Å²) in [5.74, 6) is -1.18. The first-order valence-electron chi connectivity index (χ1n) is 40.6. The number of ether oxygens (including phenoxy) is 3. The Kier molecular flexibility index (Phi) is 66.8. The zero-order valence-corrected chi connectivity index (χ0v) is 61.6. The Hall–Kier alpha value is -2.64. The number of esters is 1. The molecular weight excluding hydrogens is 1170 g/mol. The van der Waals surface area contributed by atoms with Gasteiger partial charge in [0, 0.05) is 6.42 Å². The van der Waals surface area contributed by atoms with Gasteiger partial charge >= 0.3 is 5.97 Å². The normalized spacial score (nSPS) is 18.1. The van der Waals surface area contributed by atoms with Gasteiger partial charge in [-0.2, -0.15) is 0 Å². The van der Waals surface area contributed by atoms with Crippen LogP contribution in [0.3, 0.4) is 0 Å². The highest BCUT2D eigenvalue weighted by Gasteiger charge is 2.47. The van der Waals surface area contributed by atoms with Crippen molar-refractivity contribution in [2.75, 3.05) is 13.2 Å². The Labute approximate surface area is 579 Å². The van der Waals surface area contributed by atoms with Crippen LogP contribution in [0, 0.1) is 0 Å². The van der Waals surface area contributed by atoms with Crippen molar-refractivity contribution in [2.24, 2.45) is 0 Å². The lowest BCUT2D eigenvalue weighted by molar-refractivity contribution is -0.305. The van der Waals surface area contributed by atoms with Crippen LogP contribution in [0.4, 0.5) is 0 Å². The molecule has 11 heteroatoms. The van der Waals surface area contributed by atoms with Gasteiger partial charge in [-0.1, -0.05) is 358 Å². The minimum atomic E-state index is -1.61. The first kappa shape index (κ1) is 89.4. The lowest BCUT2D eigenvalue weighted by Crippen LogP contribution is -2.61. The Morgan fingerprint density at radius 1 is 0.415 bits per heavy atom. The smallest absolute Gasteiger partial charge is 0.306 e. The molecule has 1 aliphatic heterocycles. The predicted octanol–water partition coefficient (Wildman–Crippen LogP) is 22.0. The summed E-state index contributed by atoms with van der Waals surface area (Å²) in [7, 11) is 0. The molecule has 0 radical (unpaired) electrons. The van der Waals surface area contributed by atoms with Crippen molar-refractivity contribution in [3.05, 3.63) is 60.8 Å². The maximum Gasteiger partial charge on any atom is 0.306 e. The monoisotopic (exact) mass is 1320 g/mol. The minimum Gasteiger partial charge on any atom is -0.454 e. The molecular formula is C83H153NO10. The fourth-order valence-corrected chi connectivity index (χ4v) is 12.8. The fourth-order valence-electron chi connectivity index (χ4n) is 12.8. The number of hydrogen-bond acceptors (Lipinski definition) is 10. The second-order valence-electron chi connectivity index (χ2n) is 28.1. The molecule has 8 unspecified atom stereocenters. The van der Waals surface area contributed by atoms with Crippen LogP contribution in [-0.2, 0) is 23.8 Å². The van der Waals surface area contributed by atoms with E-state index in [9.17, 15) is 35.1 Å². The lowest BCUT2D eigenvalue weighted by atomic mass is 9.99. The van der Waals surface area contributed by atoms with Crippen molar-refractivity contribution in [1.82, 2.24) is 5.32 Å². The number of aliphatic hydroxyl groups is 5. The number of aliphatic hydroxyl groups excluding tert-OH is 5. The van der Waals surface area contributed by atoms with E-state index in [1.165, 1.54) is 276 Å². The first-order chi connectivity index (χ1) is 46.2. The largest absolute Gasteiger partial charge is 0.454 e. The van der Waals surface area contributed by atoms with E-state index in [0.29, 0.717) is 19.3 Å². The van der Waals surface area contributed by atoms with E-state index in [0.717, 1.165) is 70.6 Å². The van der Waals surface area contributed by atoms with Crippen molar-refractivity contribution in [3.8, 4) is 0 Å². The summed E-state index contributed by atoms with van der Waals surface area (Å²) in [6.45, 7) is 5.81. The minimum absolute atomic E-state index is 0.126. The number of allylic oxidation sites excluding steroid dienone is 9. The topological polar surface area (TPSA) is 175 Å². The summed E-state index contributed by atoms with van der Waals surface area (Å²) in [6, 6.07) is -1.02. The highest BCUT2D eigenvalue weighted by Crippen LogP contribution is 2.27. The number of rotatable bonds is 71. The summed E-state index contributed by atoms with van der Waals surface area (Å²) in [5, 5.41) is 57.5. The van der Waals surface area contributed by atoms with Gasteiger partial charge in [0.1, 0.15) is 24.4 Å². The number of carbonyl (C=O) groups excluding carboxylic acids is 2. The van der Waals surface area contributed by atoms with Crippen LogP contribution in [-0.4, -0.2) is 99.6 Å². The van der Waals surface area contributed by atoms with Gasteiger partial charge in [-0.3, -0.25) is 9.59 Å². The highest BCUT2D eigenvalue weighted by molar-refractivity contribution is 5.80. The molecule has 0 bridgehead atoms. The molecule has 11 nitrogen and oxygen atoms in total. The van der Waals surface area contributed by atoms with E-state index in [-0.39, 0.29) is 13.0 Å². The number of amides is 1. The van der Waals surface area contributed by atoms with Gasteiger partial charge in [-0.15, -0.1) is 0 Å². The van der Waals surface area contributed by atoms with Gasteiger partial charge in [0.15, 0.2) is 12.4 Å². The zero-order chi connectivity index (χ0) is 68.1. The third-order valence-corrected chi connectivity index (χ3v) is 19.1. The van der Waals surface area contributed by atoms with Gasteiger partial charge in [-0.25, -0.2) is 0 Å². The van der Waals surface area contributed by atoms with Gasteiger partial charge in [0.25, 0.3) is 0 Å². The van der Waals surface area contributed by atoms with Gasteiger partial charge in [0.05, 0.1) is 25.4 Å². The molecule has 1 heterocycles. The van der Waals surface area contributed by atoms with E-state index in [1.807, 2.05) is 6.08 Å². The maximum absolute atomic E-state index is 13.5. The molecule has 0 spiro atoms. The first-order valence-corrected chi connectivity index (χ1v) is 40.6. The summed E-state index contributed by atoms with van der Waals surface area (Å²) in [5.41, 5.74) is 0. The van der Waals surface area contributed by atoms with Crippen LogP contribution in [0.1, 0.15) is 393 Å². The van der Waals surface area contributed by atoms with Gasteiger partial charge in [0.2, 0.25) is 5.91 Å². The van der Waals surface area contributed by atoms with E-state index in [1.54, 1.807) is 6.08 Å². The molecule has 1 aliphatic rings. The van der Waals surface area contributed by atoms with Crippen molar-refractivity contribution in [1.29, 1.82) is 0 Å². The molecule has 1 fully saturated rings. The Morgan fingerprint density at radius 3 is 1.11 bits per heavy atom. The Morgan fingerprint density at radius 2 is 0.734 bits per heavy atom. The molecule has 8 atom stereocenters. The summed E-state index contributed by atoms with van der Waals surface area (Å²) < 4.78 is 17.8. The second-order valence-corrected chi connectivity index (χ2v) is 28.1. The molecule has 1 rings (SSSR count). The average Bonchev–Trinajstić information content (AvgIpc) is 0.814. The van der Waals surface area contributed by atoms with Gasteiger partial charge in [-0.05, 0) is 89.9 Å². The number of hydrogen-bond donors (Lipinski definition) is 6. The Bertz CT molecular complexity index is 1770. The van der Waals surface area contributed by atoms with E-state index in [2.05, 4.69) is 74.7 Å². The molecule has 0 aliphatic carbocycles. The Balaban J connectivity index is 2.47. The summed E-state index contributed by atoms with van der Waals surface area (Å²) >= 11 is 0. The number of nitrogens with one attached hydrogen (secondary N) is 1. The van der Waals surface area contributed by atoms with E-state index < -0.39 is 67.4 Å². The third kappa shape index (κ3) is 56.3. The van der Waals surface area contributed by atoms with Crippen LogP contribution in [0.2, 0.25) is 0 Å². The van der Waals surface area contributed by atoms with Gasteiger partial charge < -0.3 is 45.1 Å². The maximum atomic E-state index is 13.5. The van der Waals surface area contributed by atoms with E-state index >= 15 is 0 Å². The second kappa shape index (κ2) is 70.2. The van der Waals surface area contributed by atoms with Crippen molar-refractivity contribution in [2.45, 2.75) is 442 Å². The molecule has 1 amide bonds. The fraction of sp³-hybridized carbons (Fsp3) is 0.855. The summed E-state index contributed by atoms with van der Waals surface area (Å²) in [6.07, 6.45) is 81.4. The average molecular weight is 1330 g/mol. The van der Waals surface area contributed by atoms with Crippen LogP contribution < -0.4 is 5.32 Å². The third-order valence-electron chi connectivity index (χ3n) is 19.1.